The van der Waals surface area contributed by atoms with Crippen molar-refractivity contribution in [2.75, 3.05) is 209 Å². The van der Waals surface area contributed by atoms with Crippen LogP contribution >= 0.6 is 37.2 Å². The van der Waals surface area contributed by atoms with E-state index < -0.39 is 0 Å². The van der Waals surface area contributed by atoms with Gasteiger partial charge in [0.05, 0.1) is 75.0 Å². The van der Waals surface area contributed by atoms with Gasteiger partial charge in [0.15, 0.2) is 0 Å². The SMILES string of the molecule is Cl.Cl.Cl.[CH2-][N+](C)(C)CCCNC(=O)CCN(CCC(=O)NCCC[N+]([CH2-])(C)C)CCN(CCC(=O)NCCC[N+]([CH2-])(C)C)CCN(CCC(=O)NCCC[N+](C)(C)C)CCC(=O)NCCC[N+](C)(C)C.[Cl-].[Cl-]. The van der Waals surface area contributed by atoms with Gasteiger partial charge >= 0.3 is 0 Å². The van der Waals surface area contributed by atoms with Crippen LogP contribution in [0.15, 0.2) is 0 Å². The van der Waals surface area contributed by atoms with Gasteiger partial charge in [0.25, 0.3) is 0 Å². The maximum Gasteiger partial charge on any atom is 0.221 e. The molecule has 0 saturated heterocycles. The van der Waals surface area contributed by atoms with E-state index in [9.17, 15) is 24.0 Å². The molecule has 434 valence electrons. The lowest BCUT2D eigenvalue weighted by Gasteiger charge is -2.32. The molecule has 0 fully saturated rings. The summed E-state index contributed by atoms with van der Waals surface area (Å²) in [4.78, 5) is 71.8. The Labute approximate surface area is 471 Å². The van der Waals surface area contributed by atoms with Crippen molar-refractivity contribution in [1.29, 1.82) is 0 Å². The van der Waals surface area contributed by atoms with E-state index in [-0.39, 0.29) is 91.6 Å². The van der Waals surface area contributed by atoms with Gasteiger partial charge in [0.1, 0.15) is 0 Å². The van der Waals surface area contributed by atoms with Crippen LogP contribution in [0.1, 0.15) is 64.2 Å². The van der Waals surface area contributed by atoms with Crippen molar-refractivity contribution in [2.45, 2.75) is 64.2 Å². The summed E-state index contributed by atoms with van der Waals surface area (Å²) in [6, 6.07) is 0. The first kappa shape index (κ1) is 81.8. The van der Waals surface area contributed by atoms with Crippen LogP contribution in [0.3, 0.4) is 0 Å². The summed E-state index contributed by atoms with van der Waals surface area (Å²) in [5.74, 6) is -0.0988. The van der Waals surface area contributed by atoms with E-state index in [1.165, 1.54) is 0 Å². The highest BCUT2D eigenvalue weighted by molar-refractivity contribution is 5.86. The Bertz CT molecular complexity index is 1250. The predicted octanol–water partition coefficient (Wildman–Crippen LogP) is -4.34. The minimum absolute atomic E-state index is 0. The fourth-order valence-corrected chi connectivity index (χ4v) is 7.08. The molecule has 0 atom stereocenters. The first-order chi connectivity index (χ1) is 30.9. The van der Waals surface area contributed by atoms with Gasteiger partial charge in [-0.05, 0) is 0 Å². The van der Waals surface area contributed by atoms with E-state index in [1.807, 2.05) is 42.3 Å². The zero-order valence-corrected chi connectivity index (χ0v) is 51.2. The first-order valence-electron chi connectivity index (χ1n) is 25.0. The maximum atomic E-state index is 13.1. The molecule has 0 rings (SSSR count). The van der Waals surface area contributed by atoms with Gasteiger partial charge < -0.3 is 88.5 Å². The third-order valence-corrected chi connectivity index (χ3v) is 11.2. The van der Waals surface area contributed by atoms with Gasteiger partial charge in [-0.3, -0.25) is 24.0 Å². The number of halogens is 5. The normalized spacial score (nSPS) is 11.9. The van der Waals surface area contributed by atoms with Crippen LogP contribution in [0.25, 0.3) is 0 Å². The number of carbonyl (C=O) groups excluding carboxylic acids is 5. The summed E-state index contributed by atoms with van der Waals surface area (Å²) in [5.41, 5.74) is 0. The minimum Gasteiger partial charge on any atom is -1.00 e. The monoisotopic (exact) mass is 1130 g/mol. The molecular formula is C49H108Cl5N13O5. The maximum absolute atomic E-state index is 13.1. The van der Waals surface area contributed by atoms with E-state index in [0.29, 0.717) is 137 Å². The molecule has 0 aromatic heterocycles. The van der Waals surface area contributed by atoms with Crippen LogP contribution in [-0.2, 0) is 24.0 Å². The number of hydrogen-bond acceptors (Lipinski definition) is 8. The van der Waals surface area contributed by atoms with Crippen molar-refractivity contribution >= 4 is 66.8 Å². The molecule has 0 radical (unpaired) electrons. The summed E-state index contributed by atoms with van der Waals surface area (Å²) in [7, 11) is 37.3. The highest BCUT2D eigenvalue weighted by atomic mass is 35.5. The van der Waals surface area contributed by atoms with Crippen molar-refractivity contribution in [3.05, 3.63) is 21.1 Å². The lowest BCUT2D eigenvalue weighted by Crippen LogP contribution is -3.00. The first-order valence-corrected chi connectivity index (χ1v) is 25.0. The van der Waals surface area contributed by atoms with Crippen molar-refractivity contribution in [3.63, 3.8) is 0 Å². The van der Waals surface area contributed by atoms with Crippen LogP contribution < -0.4 is 51.4 Å². The second-order valence-corrected chi connectivity index (χ2v) is 22.8. The molecule has 0 aromatic rings. The number of nitrogens with one attached hydrogen (secondary N) is 5. The van der Waals surface area contributed by atoms with Gasteiger partial charge in [0, 0.05) is 198 Å². The summed E-state index contributed by atoms with van der Waals surface area (Å²) in [6.45, 7) is 12.3. The van der Waals surface area contributed by atoms with Crippen molar-refractivity contribution in [2.24, 2.45) is 0 Å². The quantitative estimate of drug-likeness (QED) is 0.0234. The van der Waals surface area contributed by atoms with E-state index >= 15 is 0 Å². The molecule has 0 aliphatic heterocycles. The number of rotatable bonds is 41. The van der Waals surface area contributed by atoms with Crippen LogP contribution in [0, 0.1) is 21.1 Å². The summed E-state index contributed by atoms with van der Waals surface area (Å²) in [5, 5.41) is 15.3. The topological polar surface area (TPSA) is 155 Å². The smallest absolute Gasteiger partial charge is 0.221 e. The fourth-order valence-electron chi connectivity index (χ4n) is 7.08. The van der Waals surface area contributed by atoms with Crippen LogP contribution in [0.4, 0.5) is 0 Å². The Morgan fingerprint density at radius 2 is 0.486 bits per heavy atom. The van der Waals surface area contributed by atoms with Gasteiger partial charge in [-0.25, -0.2) is 0 Å². The summed E-state index contributed by atoms with van der Waals surface area (Å²) < 4.78 is 3.42. The van der Waals surface area contributed by atoms with E-state index in [4.69, 9.17) is 0 Å². The highest BCUT2D eigenvalue weighted by Crippen LogP contribution is 2.05. The molecule has 0 unspecified atom stereocenters. The molecule has 0 spiro atoms. The number of carbonyl (C=O) groups is 5. The third kappa shape index (κ3) is 57.8. The van der Waals surface area contributed by atoms with Crippen LogP contribution in [-0.4, -0.2) is 276 Å². The Balaban J connectivity index is -0.00000218. The summed E-state index contributed by atoms with van der Waals surface area (Å²) in [6.07, 6.45) is 5.79. The average molecular weight is 1140 g/mol. The van der Waals surface area contributed by atoms with E-state index in [2.05, 4.69) is 105 Å². The van der Waals surface area contributed by atoms with Gasteiger partial charge in [-0.2, -0.15) is 0 Å². The second-order valence-electron chi connectivity index (χ2n) is 22.8. The zero-order chi connectivity index (χ0) is 51.2. The minimum atomic E-state index is -0.0299. The van der Waals surface area contributed by atoms with E-state index in [1.54, 1.807) is 0 Å². The molecule has 18 nitrogen and oxygen atoms in total. The molecule has 0 bridgehead atoms. The second kappa shape index (κ2) is 43.6. The average Bonchev–Trinajstić information content (AvgIpc) is 3.19. The van der Waals surface area contributed by atoms with Gasteiger partial charge in [-0.15, -0.1) is 58.4 Å². The van der Waals surface area contributed by atoms with Gasteiger partial charge in [0.2, 0.25) is 29.5 Å². The molecule has 0 aliphatic carbocycles. The molecule has 0 aromatic carbocycles. The molecule has 5 amide bonds. The zero-order valence-electron chi connectivity index (χ0n) is 47.2. The fraction of sp³-hybridized carbons (Fsp3) is 0.837. The van der Waals surface area contributed by atoms with Crippen molar-refractivity contribution in [1.82, 2.24) is 41.3 Å². The molecule has 5 N–H and O–H groups in total. The highest BCUT2D eigenvalue weighted by Gasteiger charge is 2.18. The summed E-state index contributed by atoms with van der Waals surface area (Å²) >= 11 is 0. The van der Waals surface area contributed by atoms with Crippen molar-refractivity contribution < 1.29 is 71.2 Å². The van der Waals surface area contributed by atoms with Gasteiger partial charge in [-0.1, -0.05) is 0 Å². The molecule has 0 aliphatic rings. The van der Waals surface area contributed by atoms with Crippen LogP contribution in [0.2, 0.25) is 0 Å². The Hall–Kier alpha value is -1.52. The molecule has 72 heavy (non-hydrogen) atoms. The molecule has 0 saturated carbocycles. The Morgan fingerprint density at radius 1 is 0.319 bits per heavy atom. The van der Waals surface area contributed by atoms with Crippen molar-refractivity contribution in [3.8, 4) is 0 Å². The molecule has 23 heteroatoms. The third-order valence-electron chi connectivity index (χ3n) is 11.2. The molecule has 0 heterocycles. The molecular weight excluding hydrogens is 1030 g/mol. The largest absolute Gasteiger partial charge is 1.00 e. The lowest BCUT2D eigenvalue weighted by atomic mass is 10.2. The van der Waals surface area contributed by atoms with Crippen LogP contribution in [0.5, 0.6) is 0 Å². The number of hydrogen-bond donors (Lipinski definition) is 5. The van der Waals surface area contributed by atoms with E-state index in [0.717, 1.165) is 73.8 Å². The Morgan fingerprint density at radius 3 is 0.653 bits per heavy atom. The standard InChI is InChI=1S/C49H103N13O5.5ClH/c1-58(2,3)40-16-26-50-45(63)21-31-55(32-22-46(64)51-27-17-41-59(4,5)6)36-38-57(35-25-49(67)54-30-20-44-62(13,14)15)39-37-56(33-23-47(65)52-28-18-42-60(7,8)9)34-24-48(66)53-29-19-43-61(10,11)12;;;;;/h1,4,13,16-44H2,2-3,5-12,14-15H3,(H3-2,50,51,52,53,54,63,64,65,66,67);5*1H. The lowest BCUT2D eigenvalue weighted by molar-refractivity contribution is -0.870. The number of quaternary nitrogens is 5. The Kier molecular flexibility index (Phi) is 49.5. The number of amides is 5. The number of nitrogens with zero attached hydrogens (tertiary/aromatic N) is 8. The predicted molar refractivity (Wildman–Crippen MR) is 295 cm³/mol.